The molecule has 0 aliphatic carbocycles. The van der Waals surface area contributed by atoms with Crippen LogP contribution in [0.4, 0.5) is 11.4 Å². The number of hydrogen-bond donors (Lipinski definition) is 1. The van der Waals surface area contributed by atoms with E-state index < -0.39 is 11.5 Å². The van der Waals surface area contributed by atoms with Gasteiger partial charge in [0.05, 0.1) is 36.2 Å². The molecule has 2 unspecified atom stereocenters. The van der Waals surface area contributed by atoms with Crippen LogP contribution in [0.1, 0.15) is 114 Å². The average molecular weight is 689 g/mol. The number of benzene rings is 2. The fourth-order valence-electron chi connectivity index (χ4n) is 5.47. The zero-order chi connectivity index (χ0) is 37.9. The van der Waals surface area contributed by atoms with Gasteiger partial charge in [-0.05, 0) is 87.1 Å². The number of ether oxygens (including phenoxy) is 2. The van der Waals surface area contributed by atoms with Gasteiger partial charge >= 0.3 is 5.97 Å². The Hall–Kier alpha value is -4.33. The smallest absolute Gasteiger partial charge is 0.337 e. The predicted octanol–water partition coefficient (Wildman–Crippen LogP) is 9.72. The number of carbonyl (C=O) groups is 2. The number of fused-ring (bicyclic) bond motifs is 1. The van der Waals surface area contributed by atoms with Crippen molar-refractivity contribution in [2.45, 2.75) is 93.0 Å². The Balaban J connectivity index is 0.00000237. The van der Waals surface area contributed by atoms with Gasteiger partial charge in [0.15, 0.2) is 0 Å². The second kappa shape index (κ2) is 22.4. The maximum absolute atomic E-state index is 13.9. The molecule has 50 heavy (non-hydrogen) atoms. The highest BCUT2D eigenvalue weighted by Gasteiger charge is 2.30. The molecule has 0 spiro atoms. The van der Waals surface area contributed by atoms with Crippen LogP contribution in [0.3, 0.4) is 0 Å². The second-order valence-corrected chi connectivity index (χ2v) is 13.0. The number of allylic oxidation sites excluding steroid dienone is 6. The minimum Gasteiger partial charge on any atom is -0.496 e. The van der Waals surface area contributed by atoms with Crippen LogP contribution in [0.2, 0.25) is 0 Å². The van der Waals surface area contributed by atoms with E-state index in [1.54, 1.807) is 24.3 Å². The van der Waals surface area contributed by atoms with Crippen molar-refractivity contribution in [1.82, 2.24) is 10.2 Å². The van der Waals surface area contributed by atoms with Gasteiger partial charge in [-0.25, -0.2) is 9.79 Å². The number of hydrogen-bond acceptors (Lipinski definition) is 6. The molecule has 8 heteroatoms. The lowest BCUT2D eigenvalue weighted by Crippen LogP contribution is -2.54. The van der Waals surface area contributed by atoms with E-state index in [0.29, 0.717) is 47.6 Å². The Kier molecular flexibility index (Phi) is 19.6. The monoisotopic (exact) mass is 688 g/mol. The van der Waals surface area contributed by atoms with Gasteiger partial charge in [0.25, 0.3) is 5.91 Å². The van der Waals surface area contributed by atoms with Crippen molar-refractivity contribution >= 4 is 29.1 Å². The molecule has 0 saturated heterocycles. The summed E-state index contributed by atoms with van der Waals surface area (Å²) in [5.74, 6) is 1.68. The Labute approximate surface area is 303 Å². The van der Waals surface area contributed by atoms with E-state index in [-0.39, 0.29) is 5.91 Å². The highest BCUT2D eigenvalue weighted by Crippen LogP contribution is 2.37. The minimum atomic E-state index is -0.810. The number of amidine groups is 1. The van der Waals surface area contributed by atoms with Gasteiger partial charge in [-0.3, -0.25) is 4.79 Å². The van der Waals surface area contributed by atoms with E-state index in [1.165, 1.54) is 19.1 Å². The van der Waals surface area contributed by atoms with Gasteiger partial charge in [0.2, 0.25) is 0 Å². The molecule has 1 heterocycles. The number of amides is 1. The lowest BCUT2D eigenvalue weighted by molar-refractivity contribution is 0.0600. The minimum absolute atomic E-state index is 0.189. The van der Waals surface area contributed by atoms with E-state index in [4.69, 9.17) is 14.5 Å². The summed E-state index contributed by atoms with van der Waals surface area (Å²) in [5.41, 5.74) is 3.14. The van der Waals surface area contributed by atoms with Crippen LogP contribution in [0.5, 0.6) is 0 Å². The SMILES string of the molecule is CC.CCC.CCC(C)C1C/C=C/C=C\C=C(/C)OCCN(C)c2cc(C(=O)NC(C)(C)C(=Nc3ccc(C(=O)OC)cc3)N(C)C)ccc21. The lowest BCUT2D eigenvalue weighted by Gasteiger charge is -2.33. The summed E-state index contributed by atoms with van der Waals surface area (Å²) < 4.78 is 10.8. The Morgan fingerprint density at radius 1 is 1.04 bits per heavy atom. The molecule has 1 aliphatic rings. The first-order chi connectivity index (χ1) is 23.8. The Morgan fingerprint density at radius 3 is 2.24 bits per heavy atom. The van der Waals surface area contributed by atoms with Gasteiger partial charge in [-0.1, -0.05) is 84.8 Å². The van der Waals surface area contributed by atoms with Crippen molar-refractivity contribution in [2.75, 3.05) is 46.3 Å². The first kappa shape index (κ1) is 43.7. The van der Waals surface area contributed by atoms with E-state index in [1.807, 2.05) is 84.0 Å². The van der Waals surface area contributed by atoms with Crippen LogP contribution in [0, 0.1) is 5.92 Å². The average Bonchev–Trinajstić information content (AvgIpc) is 3.10. The summed E-state index contributed by atoms with van der Waals surface area (Å²) in [6.07, 6.45) is 13.5. The number of methoxy groups -OCH3 is 1. The van der Waals surface area contributed by atoms with Crippen molar-refractivity contribution in [3.8, 4) is 0 Å². The number of rotatable bonds is 7. The first-order valence-corrected chi connectivity index (χ1v) is 18.0. The predicted molar refractivity (Wildman–Crippen MR) is 212 cm³/mol. The number of likely N-dealkylation sites (N-methyl/N-ethyl adjacent to an activating group) is 2. The number of nitrogens with one attached hydrogen (secondary N) is 1. The van der Waals surface area contributed by atoms with Crippen LogP contribution >= 0.6 is 0 Å². The lowest BCUT2D eigenvalue weighted by atomic mass is 9.81. The number of carbonyl (C=O) groups excluding carboxylic acids is 2. The summed E-state index contributed by atoms with van der Waals surface area (Å²) >= 11 is 0. The van der Waals surface area contributed by atoms with Crippen LogP contribution < -0.4 is 10.2 Å². The first-order valence-electron chi connectivity index (χ1n) is 18.0. The molecular weight excluding hydrogens is 624 g/mol. The Bertz CT molecular complexity index is 1450. The zero-order valence-corrected chi connectivity index (χ0v) is 33.1. The van der Waals surface area contributed by atoms with Gasteiger partial charge < -0.3 is 24.6 Å². The largest absolute Gasteiger partial charge is 0.496 e. The third-order valence-corrected chi connectivity index (χ3v) is 8.20. The highest BCUT2D eigenvalue weighted by atomic mass is 16.5. The topological polar surface area (TPSA) is 83.5 Å². The molecule has 1 amide bonds. The van der Waals surface area contributed by atoms with Gasteiger partial charge in [-0.2, -0.15) is 0 Å². The molecular formula is C42H64N4O4. The van der Waals surface area contributed by atoms with Crippen molar-refractivity contribution in [1.29, 1.82) is 0 Å². The molecule has 0 aromatic heterocycles. The highest BCUT2D eigenvalue weighted by molar-refractivity contribution is 6.01. The number of nitrogens with zero attached hydrogens (tertiary/aromatic N) is 3. The van der Waals surface area contributed by atoms with E-state index in [2.05, 4.69) is 63.2 Å². The fraction of sp³-hybridized carbons (Fsp3) is 0.500. The van der Waals surface area contributed by atoms with Crippen molar-refractivity contribution < 1.29 is 19.1 Å². The van der Waals surface area contributed by atoms with E-state index in [9.17, 15) is 9.59 Å². The Morgan fingerprint density at radius 2 is 1.66 bits per heavy atom. The van der Waals surface area contributed by atoms with E-state index >= 15 is 0 Å². The molecule has 0 radical (unpaired) electrons. The van der Waals surface area contributed by atoms with Gasteiger partial charge in [0.1, 0.15) is 12.4 Å². The summed E-state index contributed by atoms with van der Waals surface area (Å²) in [7, 11) is 7.21. The number of aliphatic imine (C=N–C) groups is 1. The van der Waals surface area contributed by atoms with Crippen LogP contribution in [0.25, 0.3) is 0 Å². The molecule has 2 aromatic rings. The van der Waals surface area contributed by atoms with Crippen LogP contribution in [0.15, 0.2) is 83.6 Å². The van der Waals surface area contributed by atoms with Gasteiger partial charge in [0, 0.05) is 32.4 Å². The molecule has 2 atom stereocenters. The summed E-state index contributed by atoms with van der Waals surface area (Å²) in [6, 6.07) is 12.9. The van der Waals surface area contributed by atoms with Gasteiger partial charge in [-0.15, -0.1) is 0 Å². The third-order valence-electron chi connectivity index (χ3n) is 8.20. The maximum atomic E-state index is 13.9. The number of esters is 1. The van der Waals surface area contributed by atoms with E-state index in [0.717, 1.165) is 24.3 Å². The van der Waals surface area contributed by atoms with Crippen molar-refractivity contribution in [2.24, 2.45) is 10.9 Å². The molecule has 1 N–H and O–H groups in total. The zero-order valence-electron chi connectivity index (χ0n) is 33.1. The fourth-order valence-corrected chi connectivity index (χ4v) is 5.47. The van der Waals surface area contributed by atoms with Crippen molar-refractivity contribution in [3.63, 3.8) is 0 Å². The van der Waals surface area contributed by atoms with Crippen LogP contribution in [-0.4, -0.2) is 69.6 Å². The summed E-state index contributed by atoms with van der Waals surface area (Å²) in [4.78, 5) is 34.6. The normalized spacial score (nSPS) is 18.0. The standard InChI is InChI=1S/C37H50N4O4.C3H8.C2H6/c1-10-26(2)31-16-14-12-11-13-15-27(3)45-24-23-41(8)33-25-29(19-22-32(31)33)34(42)39-37(4,5)36(40(6)7)38-30-20-17-28(18-21-30)35(43)44-9;1-3-2;1-2/h11-15,17-22,25-26,31H,10,16,23-24H2,1-9H3,(H,39,42);3H2,1-2H3;1-2H3/b13-11-,14-12+,27-15+,38-36?;;. The summed E-state index contributed by atoms with van der Waals surface area (Å²) in [5, 5.41) is 3.21. The molecule has 0 fully saturated rings. The quantitative estimate of drug-likeness (QED) is 0.177. The molecule has 2 aromatic carbocycles. The molecule has 1 aliphatic heterocycles. The third kappa shape index (κ3) is 13.5. The number of anilines is 1. The molecule has 276 valence electrons. The molecule has 0 saturated carbocycles. The van der Waals surface area contributed by atoms with Crippen LogP contribution in [-0.2, 0) is 9.47 Å². The second-order valence-electron chi connectivity index (χ2n) is 13.0. The maximum Gasteiger partial charge on any atom is 0.337 e. The molecule has 8 nitrogen and oxygen atoms in total. The summed E-state index contributed by atoms with van der Waals surface area (Å²) in [6.45, 7) is 19.8. The molecule has 3 rings (SSSR count). The molecule has 0 bridgehead atoms. The van der Waals surface area contributed by atoms with Crippen molar-refractivity contribution in [3.05, 3.63) is 95.3 Å².